The lowest BCUT2D eigenvalue weighted by Gasteiger charge is -2.12. The molecular weight excluding hydrogens is 426 g/mol. The molecule has 0 radical (unpaired) electrons. The fourth-order valence-corrected chi connectivity index (χ4v) is 4.48. The highest BCUT2D eigenvalue weighted by Gasteiger charge is 2.31. The highest BCUT2D eigenvalue weighted by atomic mass is 32.2. The molecule has 0 spiro atoms. The van der Waals surface area contributed by atoms with E-state index in [-0.39, 0.29) is 27.6 Å². The molecule has 1 atom stereocenters. The monoisotopic (exact) mass is 448 g/mol. The zero-order valence-electron chi connectivity index (χ0n) is 17.1. The summed E-state index contributed by atoms with van der Waals surface area (Å²) in [6.07, 6.45) is 3.54. The lowest BCUT2D eigenvalue weighted by atomic mass is 9.92. The first-order valence-corrected chi connectivity index (χ1v) is 11.2. The summed E-state index contributed by atoms with van der Waals surface area (Å²) < 4.78 is 61.1. The lowest BCUT2D eigenvalue weighted by molar-refractivity contribution is -0.115. The minimum Gasteiger partial charge on any atom is -0.495 e. The molecule has 31 heavy (non-hydrogen) atoms. The number of nitrogens with one attached hydrogen (secondary N) is 1. The third kappa shape index (κ3) is 4.82. The van der Waals surface area contributed by atoms with Crippen molar-refractivity contribution in [3.05, 3.63) is 71.4 Å². The summed E-state index contributed by atoms with van der Waals surface area (Å²) in [5, 5.41) is 0. The van der Waals surface area contributed by atoms with Gasteiger partial charge in [-0.25, -0.2) is 26.9 Å². The molecule has 2 aromatic rings. The van der Waals surface area contributed by atoms with E-state index in [9.17, 15) is 22.0 Å². The van der Waals surface area contributed by atoms with Crippen molar-refractivity contribution in [3.63, 3.8) is 0 Å². The smallest absolute Gasteiger partial charge is 0.283 e. The zero-order valence-corrected chi connectivity index (χ0v) is 17.9. The first-order chi connectivity index (χ1) is 14.8. The van der Waals surface area contributed by atoms with Gasteiger partial charge in [-0.15, -0.1) is 0 Å². The molecule has 1 aliphatic heterocycles. The van der Waals surface area contributed by atoms with Gasteiger partial charge in [0.2, 0.25) is 0 Å². The topological polar surface area (TPSA) is 84.8 Å². The summed E-state index contributed by atoms with van der Waals surface area (Å²) in [5.74, 6) is -3.02. The largest absolute Gasteiger partial charge is 0.495 e. The molecule has 9 heteroatoms. The second kappa shape index (κ2) is 9.38. The number of halogens is 2. The maximum atomic E-state index is 14.3. The third-order valence-electron chi connectivity index (χ3n) is 4.86. The van der Waals surface area contributed by atoms with E-state index in [2.05, 4.69) is 4.99 Å². The number of nitrogens with zero attached hydrogens (tertiary/aromatic N) is 1. The molecule has 0 fully saturated rings. The number of hydrogen-bond donors (Lipinski definition) is 1. The number of para-hydroxylation sites is 1. The van der Waals surface area contributed by atoms with E-state index < -0.39 is 33.5 Å². The van der Waals surface area contributed by atoms with Crippen LogP contribution in [0.25, 0.3) is 0 Å². The highest BCUT2D eigenvalue weighted by Crippen LogP contribution is 2.30. The SMILES string of the molecule is CCCCC1C=C(C(=O)NS(=O)(=O)c2ccccc2OC)N=C1c1c(F)cccc1F. The number of hydrogen-bond acceptors (Lipinski definition) is 5. The average molecular weight is 448 g/mol. The molecular formula is C22H22F2N2O4S. The predicted octanol–water partition coefficient (Wildman–Crippen LogP) is 3.97. The number of allylic oxidation sites excluding steroid dienone is 1. The van der Waals surface area contributed by atoms with E-state index in [0.29, 0.717) is 6.42 Å². The van der Waals surface area contributed by atoms with Crippen LogP contribution < -0.4 is 9.46 Å². The molecule has 164 valence electrons. The Morgan fingerprint density at radius 2 is 1.81 bits per heavy atom. The van der Waals surface area contributed by atoms with Crippen molar-refractivity contribution >= 4 is 21.6 Å². The van der Waals surface area contributed by atoms with Crippen LogP contribution in [0.15, 0.2) is 64.1 Å². The molecule has 0 saturated heterocycles. The molecule has 1 N–H and O–H groups in total. The quantitative estimate of drug-likeness (QED) is 0.662. The molecule has 0 aliphatic carbocycles. The van der Waals surface area contributed by atoms with E-state index in [1.165, 1.54) is 37.5 Å². The van der Waals surface area contributed by atoms with Crippen LogP contribution in [0.1, 0.15) is 31.7 Å². The summed E-state index contributed by atoms with van der Waals surface area (Å²) >= 11 is 0. The number of carbonyl (C=O) groups is 1. The molecule has 1 heterocycles. The zero-order chi connectivity index (χ0) is 22.6. The van der Waals surface area contributed by atoms with Crippen LogP contribution >= 0.6 is 0 Å². The third-order valence-corrected chi connectivity index (χ3v) is 6.23. The standard InChI is InChI=1S/C22H22F2N2O4S/c1-3-4-8-14-13-17(25-21(14)20-15(23)9-7-10-16(20)24)22(27)26-31(28,29)19-12-6-5-11-18(19)30-2/h5-7,9-14H,3-4,8H2,1-2H3,(H,26,27). The molecule has 2 aromatic carbocycles. The summed E-state index contributed by atoms with van der Waals surface area (Å²) in [4.78, 5) is 16.6. The van der Waals surface area contributed by atoms with Crippen molar-refractivity contribution in [3.8, 4) is 5.75 Å². The van der Waals surface area contributed by atoms with Gasteiger partial charge < -0.3 is 4.74 Å². The first-order valence-electron chi connectivity index (χ1n) is 9.73. The van der Waals surface area contributed by atoms with Gasteiger partial charge in [0.05, 0.1) is 18.4 Å². The Bertz CT molecular complexity index is 1140. The number of methoxy groups -OCH3 is 1. The normalized spacial score (nSPS) is 15.9. The predicted molar refractivity (Wildman–Crippen MR) is 112 cm³/mol. The fourth-order valence-electron chi connectivity index (χ4n) is 3.34. The van der Waals surface area contributed by atoms with Gasteiger partial charge in [0.15, 0.2) is 0 Å². The van der Waals surface area contributed by atoms with Gasteiger partial charge in [0, 0.05) is 5.92 Å². The molecule has 0 aromatic heterocycles. The Morgan fingerprint density at radius 1 is 1.13 bits per heavy atom. The molecule has 3 rings (SSSR count). The Labute approximate surface area is 179 Å². The van der Waals surface area contributed by atoms with Gasteiger partial charge in [0.25, 0.3) is 15.9 Å². The van der Waals surface area contributed by atoms with Crippen LogP contribution in [-0.4, -0.2) is 27.1 Å². The van der Waals surface area contributed by atoms with E-state index in [1.807, 2.05) is 11.6 Å². The number of amides is 1. The minimum absolute atomic E-state index is 0.0710. The number of sulfonamides is 1. The van der Waals surface area contributed by atoms with Crippen molar-refractivity contribution in [1.82, 2.24) is 4.72 Å². The molecule has 0 saturated carbocycles. The van der Waals surface area contributed by atoms with Crippen LogP contribution in [0.4, 0.5) is 8.78 Å². The second-order valence-corrected chi connectivity index (χ2v) is 8.63. The molecule has 6 nitrogen and oxygen atoms in total. The van der Waals surface area contributed by atoms with Gasteiger partial charge in [-0.1, -0.05) is 38.0 Å². The van der Waals surface area contributed by atoms with Crippen molar-refractivity contribution in [2.75, 3.05) is 7.11 Å². The number of carbonyl (C=O) groups excluding carboxylic acids is 1. The van der Waals surface area contributed by atoms with Gasteiger partial charge >= 0.3 is 0 Å². The van der Waals surface area contributed by atoms with E-state index >= 15 is 0 Å². The van der Waals surface area contributed by atoms with E-state index in [4.69, 9.17) is 4.74 Å². The number of rotatable bonds is 8. The maximum absolute atomic E-state index is 14.3. The highest BCUT2D eigenvalue weighted by molar-refractivity contribution is 7.90. The Balaban J connectivity index is 1.94. The molecule has 1 amide bonds. The van der Waals surface area contributed by atoms with Crippen LogP contribution in [0.5, 0.6) is 5.75 Å². The van der Waals surface area contributed by atoms with Crippen molar-refractivity contribution < 1.29 is 26.7 Å². The molecule has 0 bridgehead atoms. The second-order valence-electron chi connectivity index (χ2n) is 6.98. The summed E-state index contributed by atoms with van der Waals surface area (Å²) in [5.41, 5.74) is -0.448. The summed E-state index contributed by atoms with van der Waals surface area (Å²) in [6, 6.07) is 9.30. The number of aliphatic imine (C=N–C) groups is 1. The summed E-state index contributed by atoms with van der Waals surface area (Å²) in [6.45, 7) is 1.96. The Morgan fingerprint density at radius 3 is 2.45 bits per heavy atom. The fraction of sp³-hybridized carbons (Fsp3) is 0.273. The lowest BCUT2D eigenvalue weighted by Crippen LogP contribution is -2.31. The van der Waals surface area contributed by atoms with Gasteiger partial charge in [-0.2, -0.15) is 0 Å². The van der Waals surface area contributed by atoms with E-state index in [0.717, 1.165) is 25.0 Å². The van der Waals surface area contributed by atoms with Gasteiger partial charge in [-0.05, 0) is 36.8 Å². The first kappa shape index (κ1) is 22.6. The van der Waals surface area contributed by atoms with Crippen molar-refractivity contribution in [2.24, 2.45) is 10.9 Å². The van der Waals surface area contributed by atoms with Gasteiger partial charge in [0.1, 0.15) is 28.0 Å². The molecule has 1 unspecified atom stereocenters. The maximum Gasteiger partial charge on any atom is 0.283 e. The number of unbranched alkanes of at least 4 members (excludes halogenated alkanes) is 1. The Hall–Kier alpha value is -3.07. The molecule has 1 aliphatic rings. The van der Waals surface area contributed by atoms with Gasteiger partial charge in [-0.3, -0.25) is 4.79 Å². The van der Waals surface area contributed by atoms with Crippen LogP contribution in [-0.2, 0) is 14.8 Å². The van der Waals surface area contributed by atoms with Crippen molar-refractivity contribution in [2.45, 2.75) is 31.1 Å². The van der Waals surface area contributed by atoms with Crippen LogP contribution in [0.3, 0.4) is 0 Å². The van der Waals surface area contributed by atoms with Crippen LogP contribution in [0.2, 0.25) is 0 Å². The van der Waals surface area contributed by atoms with Crippen LogP contribution in [0, 0.1) is 17.6 Å². The average Bonchev–Trinajstić information content (AvgIpc) is 3.15. The minimum atomic E-state index is -4.26. The summed E-state index contributed by atoms with van der Waals surface area (Å²) in [7, 11) is -2.94. The number of benzene rings is 2. The Kier molecular flexibility index (Phi) is 6.84. The van der Waals surface area contributed by atoms with E-state index in [1.54, 1.807) is 6.07 Å². The van der Waals surface area contributed by atoms with Crippen molar-refractivity contribution in [1.29, 1.82) is 0 Å². The number of ether oxygens (including phenoxy) is 1.